The molecular formula is C16H18N2O2. The molecule has 4 heteroatoms. The lowest BCUT2D eigenvalue weighted by Gasteiger charge is -2.14. The standard InChI is InChI=1S/C16H18N2O2/c1-18(2)14-10-8-13(9-11-14)17-16(20)15(19)12-6-4-3-5-7-12/h3-11,15,19H,1-2H3,(H,17,20)/t15-/m1/s1. The van der Waals surface area contributed by atoms with Crippen LogP contribution in [0.1, 0.15) is 11.7 Å². The van der Waals surface area contributed by atoms with Crippen molar-refractivity contribution in [3.63, 3.8) is 0 Å². The van der Waals surface area contributed by atoms with Crippen molar-refractivity contribution < 1.29 is 9.90 Å². The number of anilines is 2. The maximum absolute atomic E-state index is 12.0. The maximum atomic E-state index is 12.0. The predicted molar refractivity (Wildman–Crippen MR) is 80.8 cm³/mol. The quantitative estimate of drug-likeness (QED) is 0.897. The van der Waals surface area contributed by atoms with Gasteiger partial charge in [0.2, 0.25) is 0 Å². The van der Waals surface area contributed by atoms with Crippen LogP contribution in [0.4, 0.5) is 11.4 Å². The fourth-order valence-corrected chi connectivity index (χ4v) is 1.84. The summed E-state index contributed by atoms with van der Waals surface area (Å²) in [4.78, 5) is 13.9. The van der Waals surface area contributed by atoms with Gasteiger partial charge in [-0.1, -0.05) is 30.3 Å². The Morgan fingerprint density at radius 2 is 1.65 bits per heavy atom. The number of benzene rings is 2. The normalized spacial score (nSPS) is 11.8. The Balaban J connectivity index is 2.04. The summed E-state index contributed by atoms with van der Waals surface area (Å²) in [6.07, 6.45) is -1.16. The Bertz CT molecular complexity index is 565. The topological polar surface area (TPSA) is 52.6 Å². The van der Waals surface area contributed by atoms with E-state index in [9.17, 15) is 9.90 Å². The summed E-state index contributed by atoms with van der Waals surface area (Å²) in [5.41, 5.74) is 2.29. The molecule has 104 valence electrons. The number of nitrogens with zero attached hydrogens (tertiary/aromatic N) is 1. The molecule has 0 aromatic heterocycles. The minimum atomic E-state index is -1.16. The molecule has 0 saturated carbocycles. The highest BCUT2D eigenvalue weighted by Crippen LogP contribution is 2.18. The van der Waals surface area contributed by atoms with Crippen molar-refractivity contribution in [2.75, 3.05) is 24.3 Å². The number of hydrogen-bond acceptors (Lipinski definition) is 3. The van der Waals surface area contributed by atoms with E-state index in [2.05, 4.69) is 5.32 Å². The molecule has 1 amide bonds. The van der Waals surface area contributed by atoms with Crippen molar-refractivity contribution in [2.45, 2.75) is 6.10 Å². The first-order valence-corrected chi connectivity index (χ1v) is 6.39. The van der Waals surface area contributed by atoms with Gasteiger partial charge in [0.15, 0.2) is 6.10 Å². The Morgan fingerprint density at radius 1 is 1.05 bits per heavy atom. The third-order valence-corrected chi connectivity index (χ3v) is 3.01. The molecule has 2 rings (SSSR count). The van der Waals surface area contributed by atoms with Crippen LogP contribution in [0.2, 0.25) is 0 Å². The molecule has 2 aromatic carbocycles. The SMILES string of the molecule is CN(C)c1ccc(NC(=O)[C@H](O)c2ccccc2)cc1. The average molecular weight is 270 g/mol. The second-order valence-electron chi connectivity index (χ2n) is 4.74. The van der Waals surface area contributed by atoms with Gasteiger partial charge in [-0.05, 0) is 29.8 Å². The lowest BCUT2D eigenvalue weighted by molar-refractivity contribution is -0.124. The van der Waals surface area contributed by atoms with Gasteiger partial charge in [0.1, 0.15) is 0 Å². The number of aliphatic hydroxyl groups is 1. The second-order valence-corrected chi connectivity index (χ2v) is 4.74. The van der Waals surface area contributed by atoms with Crippen molar-refractivity contribution in [2.24, 2.45) is 0 Å². The molecule has 1 atom stereocenters. The third-order valence-electron chi connectivity index (χ3n) is 3.01. The van der Waals surface area contributed by atoms with Gasteiger partial charge in [-0.25, -0.2) is 0 Å². The van der Waals surface area contributed by atoms with Crippen LogP contribution >= 0.6 is 0 Å². The number of aliphatic hydroxyl groups excluding tert-OH is 1. The lowest BCUT2D eigenvalue weighted by Crippen LogP contribution is -2.20. The summed E-state index contributed by atoms with van der Waals surface area (Å²) >= 11 is 0. The zero-order valence-corrected chi connectivity index (χ0v) is 11.6. The Morgan fingerprint density at radius 3 is 2.20 bits per heavy atom. The molecule has 4 nitrogen and oxygen atoms in total. The molecule has 20 heavy (non-hydrogen) atoms. The van der Waals surface area contributed by atoms with Crippen LogP contribution in [0.5, 0.6) is 0 Å². The Kier molecular flexibility index (Phi) is 4.38. The van der Waals surface area contributed by atoms with Crippen LogP contribution < -0.4 is 10.2 Å². The summed E-state index contributed by atoms with van der Waals surface area (Å²) < 4.78 is 0. The Hall–Kier alpha value is -2.33. The maximum Gasteiger partial charge on any atom is 0.257 e. The van der Waals surface area contributed by atoms with Crippen LogP contribution in [-0.4, -0.2) is 25.1 Å². The lowest BCUT2D eigenvalue weighted by atomic mass is 10.1. The van der Waals surface area contributed by atoms with Gasteiger partial charge < -0.3 is 15.3 Å². The predicted octanol–water partition coefficient (Wildman–Crippen LogP) is 2.42. The molecule has 0 aliphatic carbocycles. The van der Waals surface area contributed by atoms with Crippen LogP contribution in [-0.2, 0) is 4.79 Å². The third kappa shape index (κ3) is 3.36. The molecule has 0 aliphatic heterocycles. The average Bonchev–Trinajstić information content (AvgIpc) is 2.48. The first-order valence-electron chi connectivity index (χ1n) is 6.39. The van der Waals surface area contributed by atoms with Gasteiger partial charge in [-0.3, -0.25) is 4.79 Å². The molecule has 0 fully saturated rings. The fourth-order valence-electron chi connectivity index (χ4n) is 1.84. The number of nitrogens with one attached hydrogen (secondary N) is 1. The highest BCUT2D eigenvalue weighted by atomic mass is 16.3. The molecule has 2 N–H and O–H groups in total. The highest BCUT2D eigenvalue weighted by molar-refractivity contribution is 5.94. The van der Waals surface area contributed by atoms with Crippen molar-refractivity contribution in [3.05, 3.63) is 60.2 Å². The molecule has 0 saturated heterocycles. The van der Waals surface area contributed by atoms with Crippen LogP contribution in [0.3, 0.4) is 0 Å². The molecular weight excluding hydrogens is 252 g/mol. The van der Waals surface area contributed by atoms with Crippen molar-refractivity contribution >= 4 is 17.3 Å². The number of carbonyl (C=O) groups is 1. The molecule has 0 radical (unpaired) electrons. The summed E-state index contributed by atoms with van der Waals surface area (Å²) in [5, 5.41) is 12.7. The molecule has 2 aromatic rings. The van der Waals surface area contributed by atoms with E-state index in [1.165, 1.54) is 0 Å². The van der Waals surface area contributed by atoms with E-state index < -0.39 is 12.0 Å². The highest BCUT2D eigenvalue weighted by Gasteiger charge is 2.16. The van der Waals surface area contributed by atoms with E-state index in [4.69, 9.17) is 0 Å². The number of rotatable bonds is 4. The molecule has 0 unspecified atom stereocenters. The van der Waals surface area contributed by atoms with E-state index in [1.54, 1.807) is 24.3 Å². The van der Waals surface area contributed by atoms with E-state index in [0.29, 0.717) is 11.3 Å². The van der Waals surface area contributed by atoms with Gasteiger partial charge in [-0.2, -0.15) is 0 Å². The zero-order valence-electron chi connectivity index (χ0n) is 11.6. The second kappa shape index (κ2) is 6.21. The smallest absolute Gasteiger partial charge is 0.257 e. The molecule has 0 spiro atoms. The van der Waals surface area contributed by atoms with E-state index in [1.807, 2.05) is 49.3 Å². The van der Waals surface area contributed by atoms with E-state index in [0.717, 1.165) is 5.69 Å². The number of carbonyl (C=O) groups excluding carboxylic acids is 1. The summed E-state index contributed by atoms with van der Waals surface area (Å²) in [7, 11) is 3.90. The van der Waals surface area contributed by atoms with Crippen LogP contribution in [0.25, 0.3) is 0 Å². The molecule has 0 bridgehead atoms. The number of amides is 1. The van der Waals surface area contributed by atoms with Crippen molar-refractivity contribution in [3.8, 4) is 0 Å². The Labute approximate surface area is 118 Å². The summed E-state index contributed by atoms with van der Waals surface area (Å²) in [6, 6.07) is 16.3. The van der Waals surface area contributed by atoms with Crippen molar-refractivity contribution in [1.29, 1.82) is 0 Å². The minimum absolute atomic E-state index is 0.436. The monoisotopic (exact) mass is 270 g/mol. The molecule has 0 aliphatic rings. The van der Waals surface area contributed by atoms with E-state index in [-0.39, 0.29) is 0 Å². The first-order chi connectivity index (χ1) is 9.58. The fraction of sp³-hybridized carbons (Fsp3) is 0.188. The van der Waals surface area contributed by atoms with Gasteiger partial charge >= 0.3 is 0 Å². The van der Waals surface area contributed by atoms with Gasteiger partial charge in [0.05, 0.1) is 0 Å². The summed E-state index contributed by atoms with van der Waals surface area (Å²) in [5.74, 6) is -0.436. The minimum Gasteiger partial charge on any atom is -0.378 e. The van der Waals surface area contributed by atoms with Gasteiger partial charge in [0.25, 0.3) is 5.91 Å². The van der Waals surface area contributed by atoms with Crippen molar-refractivity contribution in [1.82, 2.24) is 0 Å². The van der Waals surface area contributed by atoms with E-state index >= 15 is 0 Å². The van der Waals surface area contributed by atoms with Gasteiger partial charge in [-0.15, -0.1) is 0 Å². The van der Waals surface area contributed by atoms with Crippen LogP contribution in [0.15, 0.2) is 54.6 Å². The number of hydrogen-bond donors (Lipinski definition) is 2. The summed E-state index contributed by atoms with van der Waals surface area (Å²) in [6.45, 7) is 0. The largest absolute Gasteiger partial charge is 0.378 e. The van der Waals surface area contributed by atoms with Crippen LogP contribution in [0, 0.1) is 0 Å². The van der Waals surface area contributed by atoms with Gasteiger partial charge in [0, 0.05) is 25.5 Å². The molecule has 0 heterocycles. The zero-order chi connectivity index (χ0) is 14.5. The first kappa shape index (κ1) is 14.1.